The normalized spacial score (nSPS) is 18.0. The second-order valence-electron chi connectivity index (χ2n) is 6.17. The molecule has 25 heavy (non-hydrogen) atoms. The van der Waals surface area contributed by atoms with Crippen LogP contribution in [0.25, 0.3) is 0 Å². The van der Waals surface area contributed by atoms with Gasteiger partial charge in [-0.25, -0.2) is 0 Å². The summed E-state index contributed by atoms with van der Waals surface area (Å²) >= 11 is 0. The summed E-state index contributed by atoms with van der Waals surface area (Å²) in [5.74, 6) is 0.913. The highest BCUT2D eigenvalue weighted by molar-refractivity contribution is 5.37. The van der Waals surface area contributed by atoms with Crippen LogP contribution in [-0.2, 0) is 6.42 Å². The third kappa shape index (κ3) is 4.15. The Kier molecular flexibility index (Phi) is 5.63. The van der Waals surface area contributed by atoms with Crippen molar-refractivity contribution < 1.29 is 9.66 Å². The average Bonchev–Trinajstić information content (AvgIpc) is 2.67. The Morgan fingerprint density at radius 3 is 2.72 bits per heavy atom. The summed E-state index contributed by atoms with van der Waals surface area (Å²) in [4.78, 5) is 12.8. The number of rotatable bonds is 6. The Labute approximate surface area is 147 Å². The number of nitro benzene ring substituents is 1. The summed E-state index contributed by atoms with van der Waals surface area (Å²) in [6.45, 7) is 3.73. The van der Waals surface area contributed by atoms with E-state index in [2.05, 4.69) is 16.3 Å². The fourth-order valence-corrected chi connectivity index (χ4v) is 3.32. The minimum absolute atomic E-state index is 0.137. The van der Waals surface area contributed by atoms with Gasteiger partial charge >= 0.3 is 0 Å². The molecule has 0 bridgehead atoms. The number of para-hydroxylation sites is 1. The van der Waals surface area contributed by atoms with Crippen molar-refractivity contribution in [3.63, 3.8) is 0 Å². The maximum absolute atomic E-state index is 10.8. The van der Waals surface area contributed by atoms with Gasteiger partial charge in [-0.15, -0.1) is 0 Å². The number of hydrogen-bond donors (Lipinski definition) is 1. The lowest BCUT2D eigenvalue weighted by Crippen LogP contribution is -2.46. The molecule has 0 radical (unpaired) electrons. The maximum Gasteiger partial charge on any atom is 0.269 e. The summed E-state index contributed by atoms with van der Waals surface area (Å²) in [5, 5.41) is 14.2. The summed E-state index contributed by atoms with van der Waals surface area (Å²) in [6, 6.07) is 15.3. The monoisotopic (exact) mass is 341 g/mol. The van der Waals surface area contributed by atoms with Crippen molar-refractivity contribution in [2.24, 2.45) is 0 Å². The van der Waals surface area contributed by atoms with Crippen LogP contribution in [0.3, 0.4) is 0 Å². The zero-order chi connectivity index (χ0) is 17.6. The lowest BCUT2D eigenvalue weighted by atomic mass is 10.0. The minimum atomic E-state index is -0.363. The highest BCUT2D eigenvalue weighted by Gasteiger charge is 2.25. The molecule has 1 aliphatic heterocycles. The van der Waals surface area contributed by atoms with Crippen LogP contribution in [0.4, 0.5) is 5.69 Å². The van der Waals surface area contributed by atoms with Gasteiger partial charge in [0.15, 0.2) is 0 Å². The molecule has 0 saturated carbocycles. The van der Waals surface area contributed by atoms with E-state index in [1.807, 2.05) is 30.3 Å². The number of ether oxygens (including phenoxy) is 1. The topological polar surface area (TPSA) is 67.6 Å². The predicted octanol–water partition coefficient (Wildman–Crippen LogP) is 2.79. The standard InChI is InChI=1S/C19H23N3O3/c1-25-19-5-3-2-4-17(19)18-14-20-11-13-21(18)12-10-15-6-8-16(9-7-15)22(23)24/h2-9,18,20H,10-14H2,1H3. The van der Waals surface area contributed by atoms with Gasteiger partial charge < -0.3 is 10.1 Å². The molecule has 132 valence electrons. The molecule has 1 fully saturated rings. The fraction of sp³-hybridized carbons (Fsp3) is 0.368. The molecule has 2 aromatic carbocycles. The van der Waals surface area contributed by atoms with E-state index in [9.17, 15) is 10.1 Å². The van der Waals surface area contributed by atoms with Crippen LogP contribution in [0.15, 0.2) is 48.5 Å². The first-order valence-electron chi connectivity index (χ1n) is 8.50. The van der Waals surface area contributed by atoms with Gasteiger partial charge in [0, 0.05) is 43.9 Å². The molecule has 1 saturated heterocycles. The SMILES string of the molecule is COc1ccccc1C1CNCCN1CCc1ccc([N+](=O)[O-])cc1. The van der Waals surface area contributed by atoms with Gasteiger partial charge in [-0.1, -0.05) is 30.3 Å². The molecule has 0 amide bonds. The number of hydrogen-bond acceptors (Lipinski definition) is 5. The lowest BCUT2D eigenvalue weighted by Gasteiger charge is -2.37. The van der Waals surface area contributed by atoms with E-state index in [0.29, 0.717) is 0 Å². The van der Waals surface area contributed by atoms with E-state index in [1.165, 1.54) is 5.56 Å². The van der Waals surface area contributed by atoms with Crippen LogP contribution in [0.5, 0.6) is 5.75 Å². The third-order valence-corrected chi connectivity index (χ3v) is 4.69. The van der Waals surface area contributed by atoms with Crippen molar-refractivity contribution in [1.29, 1.82) is 0 Å². The molecule has 1 aliphatic rings. The number of benzene rings is 2. The van der Waals surface area contributed by atoms with Crippen molar-refractivity contribution in [2.75, 3.05) is 33.3 Å². The van der Waals surface area contributed by atoms with Crippen molar-refractivity contribution in [3.05, 3.63) is 69.8 Å². The predicted molar refractivity (Wildman–Crippen MR) is 97.0 cm³/mol. The zero-order valence-corrected chi connectivity index (χ0v) is 14.4. The Balaban J connectivity index is 1.70. The second kappa shape index (κ2) is 8.09. The highest BCUT2D eigenvalue weighted by Crippen LogP contribution is 2.30. The summed E-state index contributed by atoms with van der Waals surface area (Å²) in [6.07, 6.45) is 0.865. The second-order valence-corrected chi connectivity index (χ2v) is 6.17. The Morgan fingerprint density at radius 2 is 2.00 bits per heavy atom. The molecule has 2 aromatic rings. The molecule has 1 N–H and O–H groups in total. The van der Waals surface area contributed by atoms with Gasteiger partial charge in [-0.2, -0.15) is 0 Å². The number of methoxy groups -OCH3 is 1. The number of piperazine rings is 1. The first kappa shape index (κ1) is 17.4. The van der Waals surface area contributed by atoms with E-state index in [1.54, 1.807) is 19.2 Å². The van der Waals surface area contributed by atoms with Crippen LogP contribution < -0.4 is 10.1 Å². The van der Waals surface area contributed by atoms with Crippen LogP contribution in [0.1, 0.15) is 17.2 Å². The van der Waals surface area contributed by atoms with Crippen molar-refractivity contribution >= 4 is 5.69 Å². The van der Waals surface area contributed by atoms with Crippen LogP contribution in [0.2, 0.25) is 0 Å². The molecule has 0 spiro atoms. The Bertz CT molecular complexity index is 718. The number of nitrogens with zero attached hydrogens (tertiary/aromatic N) is 2. The molecule has 6 heteroatoms. The third-order valence-electron chi connectivity index (χ3n) is 4.69. The summed E-state index contributed by atoms with van der Waals surface area (Å²) < 4.78 is 5.53. The van der Waals surface area contributed by atoms with Crippen LogP contribution >= 0.6 is 0 Å². The Morgan fingerprint density at radius 1 is 1.24 bits per heavy atom. The fourth-order valence-electron chi connectivity index (χ4n) is 3.32. The highest BCUT2D eigenvalue weighted by atomic mass is 16.6. The van der Waals surface area contributed by atoms with E-state index in [0.717, 1.165) is 43.9 Å². The van der Waals surface area contributed by atoms with Crippen LogP contribution in [0, 0.1) is 10.1 Å². The number of nitrogens with one attached hydrogen (secondary N) is 1. The molecule has 0 aliphatic carbocycles. The van der Waals surface area contributed by atoms with Gasteiger partial charge in [0.2, 0.25) is 0 Å². The molecule has 1 heterocycles. The van der Waals surface area contributed by atoms with Crippen molar-refractivity contribution in [3.8, 4) is 5.75 Å². The summed E-state index contributed by atoms with van der Waals surface area (Å²) in [7, 11) is 1.70. The number of nitro groups is 1. The van der Waals surface area contributed by atoms with E-state index < -0.39 is 0 Å². The van der Waals surface area contributed by atoms with Crippen LogP contribution in [-0.4, -0.2) is 43.1 Å². The van der Waals surface area contributed by atoms with Gasteiger partial charge in [-0.05, 0) is 18.1 Å². The molecule has 1 unspecified atom stereocenters. The van der Waals surface area contributed by atoms with Gasteiger partial charge in [0.25, 0.3) is 5.69 Å². The smallest absolute Gasteiger partial charge is 0.269 e. The number of non-ortho nitro benzene ring substituents is 1. The van der Waals surface area contributed by atoms with Gasteiger partial charge in [-0.3, -0.25) is 15.0 Å². The Hall–Kier alpha value is -2.44. The molecule has 1 atom stereocenters. The molecule has 0 aromatic heterocycles. The van der Waals surface area contributed by atoms with E-state index >= 15 is 0 Å². The van der Waals surface area contributed by atoms with Crippen molar-refractivity contribution in [1.82, 2.24) is 10.2 Å². The van der Waals surface area contributed by atoms with Gasteiger partial charge in [0.1, 0.15) is 5.75 Å². The first-order valence-corrected chi connectivity index (χ1v) is 8.50. The average molecular weight is 341 g/mol. The van der Waals surface area contributed by atoms with Crippen molar-refractivity contribution in [2.45, 2.75) is 12.5 Å². The molecule has 3 rings (SSSR count). The zero-order valence-electron chi connectivity index (χ0n) is 14.4. The maximum atomic E-state index is 10.8. The quantitative estimate of drug-likeness (QED) is 0.646. The van der Waals surface area contributed by atoms with E-state index in [-0.39, 0.29) is 16.7 Å². The largest absolute Gasteiger partial charge is 0.496 e. The lowest BCUT2D eigenvalue weighted by molar-refractivity contribution is -0.384. The van der Waals surface area contributed by atoms with Gasteiger partial charge in [0.05, 0.1) is 18.1 Å². The first-order chi connectivity index (χ1) is 12.2. The molecular formula is C19H23N3O3. The summed E-state index contributed by atoms with van der Waals surface area (Å²) in [5.41, 5.74) is 2.45. The molecule has 6 nitrogen and oxygen atoms in total. The minimum Gasteiger partial charge on any atom is -0.496 e. The van der Waals surface area contributed by atoms with E-state index in [4.69, 9.17) is 4.74 Å². The molecular weight excluding hydrogens is 318 g/mol.